The van der Waals surface area contributed by atoms with Gasteiger partial charge in [0, 0.05) is 4.91 Å². The van der Waals surface area contributed by atoms with Crippen LogP contribution in [0.25, 0.3) is 11.1 Å². The number of allylic oxidation sites excluding steroid dienone is 4. The standard InChI is InChI=1S/C32H38O4S.2C2H6/c1-23(31(3,4)5)9-10-24(2)37(33,34)30-21-19-28(20-22-30)35-27-15-11-25(12-16-27)26-13-17-29(18-14-26)36-32(6,7)8;2*1-2/h9-22H,1-8H3;2*1-2H3/b23-9+,24-10+;;. The second-order valence-electron chi connectivity index (χ2n) is 11.2. The lowest BCUT2D eigenvalue weighted by Crippen LogP contribution is -2.22. The zero-order valence-corrected chi connectivity index (χ0v) is 27.9. The fraction of sp³-hybridized carbons (Fsp3) is 0.389. The minimum absolute atomic E-state index is 0.0105. The molecule has 3 aromatic rings. The lowest BCUT2D eigenvalue weighted by atomic mass is 9.87. The summed E-state index contributed by atoms with van der Waals surface area (Å²) < 4.78 is 37.8. The zero-order valence-electron chi connectivity index (χ0n) is 27.1. The van der Waals surface area contributed by atoms with Crippen molar-refractivity contribution in [1.29, 1.82) is 0 Å². The fourth-order valence-corrected chi connectivity index (χ4v) is 4.49. The highest BCUT2D eigenvalue weighted by molar-refractivity contribution is 7.95. The van der Waals surface area contributed by atoms with Crippen molar-refractivity contribution in [2.45, 2.75) is 93.6 Å². The molecule has 4 nitrogen and oxygen atoms in total. The first-order valence-electron chi connectivity index (χ1n) is 14.4. The van der Waals surface area contributed by atoms with Crippen LogP contribution in [0.1, 0.15) is 83.1 Å². The van der Waals surface area contributed by atoms with E-state index in [0.29, 0.717) is 16.4 Å². The van der Waals surface area contributed by atoms with E-state index in [9.17, 15) is 8.42 Å². The van der Waals surface area contributed by atoms with E-state index in [2.05, 4.69) is 20.8 Å². The van der Waals surface area contributed by atoms with Crippen LogP contribution >= 0.6 is 0 Å². The van der Waals surface area contributed by atoms with Gasteiger partial charge in [0.15, 0.2) is 0 Å². The summed E-state index contributed by atoms with van der Waals surface area (Å²) in [6, 6.07) is 22.3. The van der Waals surface area contributed by atoms with Gasteiger partial charge >= 0.3 is 0 Å². The Morgan fingerprint density at radius 3 is 1.39 bits per heavy atom. The number of ether oxygens (including phenoxy) is 2. The molecule has 0 atom stereocenters. The minimum Gasteiger partial charge on any atom is -0.488 e. The van der Waals surface area contributed by atoms with E-state index >= 15 is 0 Å². The molecule has 41 heavy (non-hydrogen) atoms. The average Bonchev–Trinajstić information content (AvgIpc) is 2.93. The van der Waals surface area contributed by atoms with Crippen LogP contribution in [-0.2, 0) is 9.84 Å². The normalized spacial score (nSPS) is 12.4. The summed E-state index contributed by atoms with van der Waals surface area (Å²) in [6.45, 7) is 24.0. The predicted molar refractivity (Wildman–Crippen MR) is 176 cm³/mol. The van der Waals surface area contributed by atoms with Crippen LogP contribution in [-0.4, -0.2) is 14.0 Å². The van der Waals surface area contributed by atoms with Crippen LogP contribution in [0, 0.1) is 5.41 Å². The molecular weight excluding hydrogens is 528 g/mol. The number of sulfone groups is 1. The van der Waals surface area contributed by atoms with Crippen molar-refractivity contribution in [3.63, 3.8) is 0 Å². The summed E-state index contributed by atoms with van der Waals surface area (Å²) in [5.74, 6) is 2.08. The third kappa shape index (κ3) is 11.2. The maximum atomic E-state index is 13.0. The Bertz CT molecular complexity index is 1360. The Labute approximate surface area is 250 Å². The third-order valence-electron chi connectivity index (χ3n) is 6.01. The molecule has 0 N–H and O–H groups in total. The van der Waals surface area contributed by atoms with E-state index in [0.717, 1.165) is 22.4 Å². The van der Waals surface area contributed by atoms with Crippen molar-refractivity contribution in [2.24, 2.45) is 5.41 Å². The van der Waals surface area contributed by atoms with Gasteiger partial charge in [-0.15, -0.1) is 0 Å². The average molecular weight is 579 g/mol. The molecule has 0 aliphatic rings. The molecule has 0 unspecified atom stereocenters. The highest BCUT2D eigenvalue weighted by atomic mass is 32.2. The molecule has 0 bridgehead atoms. The van der Waals surface area contributed by atoms with E-state index in [-0.39, 0.29) is 15.9 Å². The van der Waals surface area contributed by atoms with Gasteiger partial charge in [-0.3, -0.25) is 0 Å². The number of rotatable bonds is 7. The second-order valence-corrected chi connectivity index (χ2v) is 13.3. The SMILES string of the molecule is C/C(=C\C=C(/C)S(=O)(=O)c1ccc(Oc2ccc(-c3ccc(OC(C)(C)C)cc3)cc2)cc1)C(C)(C)C.CC.CC. The van der Waals surface area contributed by atoms with E-state index < -0.39 is 9.84 Å². The van der Waals surface area contributed by atoms with Crippen LogP contribution < -0.4 is 9.47 Å². The molecule has 0 spiro atoms. The Hall–Kier alpha value is -3.31. The molecule has 0 radical (unpaired) electrons. The summed E-state index contributed by atoms with van der Waals surface area (Å²) in [4.78, 5) is 0.544. The zero-order chi connectivity index (χ0) is 31.4. The quantitative estimate of drug-likeness (QED) is 0.262. The summed E-state index contributed by atoms with van der Waals surface area (Å²) in [5, 5.41) is 0. The molecule has 3 aromatic carbocycles. The van der Waals surface area contributed by atoms with Gasteiger partial charge < -0.3 is 9.47 Å². The molecule has 0 aliphatic carbocycles. The van der Waals surface area contributed by atoms with Gasteiger partial charge in [0.25, 0.3) is 0 Å². The second kappa shape index (κ2) is 15.6. The molecule has 3 rings (SSSR count). The first kappa shape index (κ1) is 35.7. The van der Waals surface area contributed by atoms with E-state index in [1.807, 2.05) is 110 Å². The van der Waals surface area contributed by atoms with E-state index in [4.69, 9.17) is 9.47 Å². The number of hydrogen-bond acceptors (Lipinski definition) is 4. The van der Waals surface area contributed by atoms with Crippen LogP contribution in [0.2, 0.25) is 0 Å². The summed E-state index contributed by atoms with van der Waals surface area (Å²) >= 11 is 0. The number of benzene rings is 3. The maximum absolute atomic E-state index is 13.0. The highest BCUT2D eigenvalue weighted by Gasteiger charge is 2.18. The topological polar surface area (TPSA) is 52.6 Å². The molecule has 0 heterocycles. The van der Waals surface area contributed by atoms with Crippen LogP contribution in [0.3, 0.4) is 0 Å². The minimum atomic E-state index is -3.57. The van der Waals surface area contributed by atoms with Crippen molar-refractivity contribution >= 4 is 9.84 Å². The molecule has 224 valence electrons. The molecular formula is C36H50O4S. The van der Waals surface area contributed by atoms with Crippen molar-refractivity contribution in [2.75, 3.05) is 0 Å². The largest absolute Gasteiger partial charge is 0.488 e. The lowest BCUT2D eigenvalue weighted by Gasteiger charge is -2.21. The first-order valence-corrected chi connectivity index (χ1v) is 15.9. The monoisotopic (exact) mass is 578 g/mol. The van der Waals surface area contributed by atoms with Crippen molar-refractivity contribution < 1.29 is 17.9 Å². The van der Waals surface area contributed by atoms with E-state index in [1.165, 1.54) is 0 Å². The Morgan fingerprint density at radius 1 is 0.610 bits per heavy atom. The Balaban J connectivity index is 0.00000201. The van der Waals surface area contributed by atoms with Crippen LogP contribution in [0.5, 0.6) is 17.2 Å². The van der Waals surface area contributed by atoms with Crippen molar-refractivity contribution in [3.05, 3.63) is 95.4 Å². The molecule has 0 saturated carbocycles. The van der Waals surface area contributed by atoms with Gasteiger partial charge in [-0.25, -0.2) is 8.42 Å². The molecule has 0 aliphatic heterocycles. The molecule has 0 amide bonds. The Kier molecular flexibility index (Phi) is 13.6. The first-order chi connectivity index (χ1) is 19.1. The van der Waals surface area contributed by atoms with Gasteiger partial charge in [0.05, 0.1) is 4.90 Å². The third-order valence-corrected chi connectivity index (χ3v) is 7.89. The number of hydrogen-bond donors (Lipinski definition) is 0. The molecule has 0 aromatic heterocycles. The highest BCUT2D eigenvalue weighted by Crippen LogP contribution is 2.30. The molecule has 5 heteroatoms. The van der Waals surface area contributed by atoms with Gasteiger partial charge in [-0.05, 0) is 106 Å². The fourth-order valence-electron chi connectivity index (χ4n) is 3.38. The van der Waals surface area contributed by atoms with Crippen molar-refractivity contribution in [3.8, 4) is 28.4 Å². The van der Waals surface area contributed by atoms with E-state index in [1.54, 1.807) is 37.3 Å². The Morgan fingerprint density at radius 2 is 1.00 bits per heavy atom. The summed E-state index contributed by atoms with van der Waals surface area (Å²) in [7, 11) is -3.57. The predicted octanol–water partition coefficient (Wildman–Crippen LogP) is 11.0. The van der Waals surface area contributed by atoms with Crippen molar-refractivity contribution in [1.82, 2.24) is 0 Å². The smallest absolute Gasteiger partial charge is 0.202 e. The van der Waals surface area contributed by atoms with Gasteiger partial charge in [-0.2, -0.15) is 0 Å². The molecule has 0 saturated heterocycles. The molecule has 0 fully saturated rings. The van der Waals surface area contributed by atoms with Gasteiger partial charge in [0.2, 0.25) is 9.84 Å². The van der Waals surface area contributed by atoms with Crippen LogP contribution in [0.15, 0.2) is 100 Å². The summed E-state index contributed by atoms with van der Waals surface area (Å²) in [6.07, 6.45) is 3.55. The lowest BCUT2D eigenvalue weighted by molar-refractivity contribution is 0.131. The maximum Gasteiger partial charge on any atom is 0.202 e. The summed E-state index contributed by atoms with van der Waals surface area (Å²) in [5.41, 5.74) is 3.01. The van der Waals surface area contributed by atoms with Gasteiger partial charge in [0.1, 0.15) is 22.8 Å². The van der Waals surface area contributed by atoms with Crippen LogP contribution in [0.4, 0.5) is 0 Å². The van der Waals surface area contributed by atoms with Gasteiger partial charge in [-0.1, -0.05) is 84.4 Å².